The SMILES string of the molecule is CCCNC1=C2NC(=O)C(C)=CC=CC(C)C(O)C(C)C(O)C(C)C(OC(C)=O)C(C)C(OC)C=COC3(C)Oc4c(C)c(O)c(c(c4C3=O)C1=O)C2=O. The van der Waals surface area contributed by atoms with E-state index in [1.807, 2.05) is 6.92 Å². The summed E-state index contributed by atoms with van der Waals surface area (Å²) in [6, 6.07) is 0. The second-order valence-electron chi connectivity index (χ2n) is 14.5. The lowest BCUT2D eigenvalue weighted by atomic mass is 9.78. The van der Waals surface area contributed by atoms with Crippen LogP contribution in [0.25, 0.3) is 0 Å². The van der Waals surface area contributed by atoms with Crippen molar-refractivity contribution in [3.05, 3.63) is 69.8 Å². The molecule has 294 valence electrons. The van der Waals surface area contributed by atoms with Crippen LogP contribution < -0.4 is 15.4 Å². The van der Waals surface area contributed by atoms with Gasteiger partial charge in [-0.1, -0.05) is 52.8 Å². The average molecular weight is 753 g/mol. The maximum absolute atomic E-state index is 14.3. The summed E-state index contributed by atoms with van der Waals surface area (Å²) in [6.45, 7) is 14.4. The highest BCUT2D eigenvalue weighted by atomic mass is 16.7. The zero-order valence-electron chi connectivity index (χ0n) is 32.4. The topological polar surface area (TPSA) is 207 Å². The number of carbonyl (C=O) groups excluding carboxylic acids is 5. The van der Waals surface area contributed by atoms with Gasteiger partial charge in [0.1, 0.15) is 29.0 Å². The molecule has 0 radical (unpaired) electrons. The molecule has 0 fully saturated rings. The zero-order valence-corrected chi connectivity index (χ0v) is 32.4. The number of hydrogen-bond acceptors (Lipinski definition) is 13. The fraction of sp³-hybridized carbons (Fsp3) is 0.525. The predicted octanol–water partition coefficient (Wildman–Crippen LogP) is 3.96. The summed E-state index contributed by atoms with van der Waals surface area (Å²) in [5, 5.41) is 39.5. The van der Waals surface area contributed by atoms with Gasteiger partial charge in [-0.05, 0) is 26.3 Å². The number of amides is 1. The molecular formula is C40H52N2O12. The third kappa shape index (κ3) is 7.87. The number of ether oxygens (including phenoxy) is 4. The third-order valence-electron chi connectivity index (χ3n) is 10.5. The molecule has 14 heteroatoms. The fourth-order valence-electron chi connectivity index (χ4n) is 7.11. The van der Waals surface area contributed by atoms with E-state index in [4.69, 9.17) is 18.9 Å². The largest absolute Gasteiger partial charge is 0.507 e. The summed E-state index contributed by atoms with van der Waals surface area (Å²) in [4.78, 5) is 68.3. The number of Topliss-reactive ketones (excluding diaryl/α,β-unsaturated/α-hetero) is 3. The van der Waals surface area contributed by atoms with E-state index in [1.165, 1.54) is 53.2 Å². The van der Waals surface area contributed by atoms with Crippen LogP contribution in [0.5, 0.6) is 11.5 Å². The lowest BCUT2D eigenvalue weighted by Gasteiger charge is -2.38. The van der Waals surface area contributed by atoms with Gasteiger partial charge in [0, 0.05) is 62.3 Å². The van der Waals surface area contributed by atoms with E-state index in [0.29, 0.717) is 6.42 Å². The van der Waals surface area contributed by atoms with E-state index in [2.05, 4.69) is 10.6 Å². The van der Waals surface area contributed by atoms with Gasteiger partial charge in [-0.2, -0.15) is 0 Å². The number of allylic oxidation sites excluding steroid dienone is 4. The Morgan fingerprint density at radius 2 is 1.63 bits per heavy atom. The highest BCUT2D eigenvalue weighted by molar-refractivity contribution is 6.32. The monoisotopic (exact) mass is 752 g/mol. The summed E-state index contributed by atoms with van der Waals surface area (Å²) in [5.74, 6) is -9.11. The average Bonchev–Trinajstić information content (AvgIpc) is 3.39. The minimum absolute atomic E-state index is 0.00243. The molecule has 5 N–H and O–H groups in total. The molecule has 3 heterocycles. The second kappa shape index (κ2) is 16.7. The van der Waals surface area contributed by atoms with Crippen LogP contribution in [-0.2, 0) is 23.8 Å². The first-order chi connectivity index (χ1) is 25.3. The second-order valence-corrected chi connectivity index (χ2v) is 14.5. The van der Waals surface area contributed by atoms with Gasteiger partial charge in [0.25, 0.3) is 11.7 Å². The van der Waals surface area contributed by atoms with Gasteiger partial charge in [0.05, 0.1) is 41.3 Å². The number of phenolic OH excluding ortho intramolecular Hbond substituents is 1. The minimum atomic E-state index is -2.06. The van der Waals surface area contributed by atoms with Crippen molar-refractivity contribution in [2.24, 2.45) is 23.7 Å². The van der Waals surface area contributed by atoms with Crippen LogP contribution in [0.4, 0.5) is 0 Å². The molecule has 1 aromatic carbocycles. The van der Waals surface area contributed by atoms with Gasteiger partial charge in [0.2, 0.25) is 11.6 Å². The molecule has 14 nitrogen and oxygen atoms in total. The molecule has 0 spiro atoms. The maximum Gasteiger partial charge on any atom is 0.312 e. The summed E-state index contributed by atoms with van der Waals surface area (Å²) >= 11 is 0. The summed E-state index contributed by atoms with van der Waals surface area (Å²) in [6.07, 6.45) is 3.97. The van der Waals surface area contributed by atoms with Gasteiger partial charge < -0.3 is 44.9 Å². The predicted molar refractivity (Wildman–Crippen MR) is 196 cm³/mol. The number of nitrogens with one attached hydrogen (secondary N) is 2. The van der Waals surface area contributed by atoms with Crippen molar-refractivity contribution in [3.8, 4) is 11.5 Å². The Morgan fingerprint density at radius 3 is 2.24 bits per heavy atom. The molecule has 0 aromatic heterocycles. The van der Waals surface area contributed by atoms with Crippen molar-refractivity contribution in [1.29, 1.82) is 0 Å². The number of methoxy groups -OCH3 is 1. The number of aromatic hydroxyl groups is 1. The standard InChI is InChI=1S/C40H52N2O12/c1-11-16-41-29-30-35(48)27-26(34(29)47)28-37(23(7)33(27)46)54-40(9,38(28)49)52-17-15-25(51-10)20(4)36(53-24(8)43)22(6)32(45)21(5)31(44)18(2)13-12-14-19(3)39(50)42-30/h12-15,17-18,20-22,25,31-32,36,41,44-46H,11,16H2,1-10H3,(H,42,50). The fourth-order valence-corrected chi connectivity index (χ4v) is 7.11. The Labute approximate surface area is 315 Å². The van der Waals surface area contributed by atoms with E-state index in [1.54, 1.807) is 39.8 Å². The number of aliphatic hydroxyl groups is 2. The number of esters is 1. The van der Waals surface area contributed by atoms with Gasteiger partial charge in [-0.15, -0.1) is 0 Å². The molecule has 1 aliphatic carbocycles. The third-order valence-corrected chi connectivity index (χ3v) is 10.5. The highest BCUT2D eigenvalue weighted by Gasteiger charge is 2.52. The van der Waals surface area contributed by atoms with Crippen molar-refractivity contribution in [2.45, 2.75) is 98.9 Å². The van der Waals surface area contributed by atoms with Gasteiger partial charge >= 0.3 is 11.8 Å². The van der Waals surface area contributed by atoms with E-state index >= 15 is 0 Å². The molecule has 1 aromatic rings. The number of ketones is 3. The summed E-state index contributed by atoms with van der Waals surface area (Å²) in [7, 11) is 1.42. The van der Waals surface area contributed by atoms with E-state index in [0.717, 1.165) is 0 Å². The van der Waals surface area contributed by atoms with Gasteiger partial charge in [-0.25, -0.2) is 0 Å². The number of rotatable bonds is 5. The number of benzene rings is 1. The molecule has 54 heavy (non-hydrogen) atoms. The number of carbonyl (C=O) groups is 5. The van der Waals surface area contributed by atoms with Crippen molar-refractivity contribution in [1.82, 2.24) is 10.6 Å². The van der Waals surface area contributed by atoms with E-state index < -0.39 is 100 Å². The Bertz CT molecular complexity index is 1830. The highest BCUT2D eigenvalue weighted by Crippen LogP contribution is 2.48. The van der Waals surface area contributed by atoms with Crippen LogP contribution >= 0.6 is 0 Å². The van der Waals surface area contributed by atoms with Gasteiger partial charge in [-0.3, -0.25) is 24.0 Å². The Kier molecular flexibility index (Phi) is 13.0. The van der Waals surface area contributed by atoms with Crippen molar-refractivity contribution < 1.29 is 58.2 Å². The molecule has 9 atom stereocenters. The molecule has 5 bridgehead atoms. The summed E-state index contributed by atoms with van der Waals surface area (Å²) in [5.41, 5.74) is -1.61. The molecule has 4 aliphatic rings. The zero-order chi connectivity index (χ0) is 40.4. The minimum Gasteiger partial charge on any atom is -0.507 e. The first-order valence-electron chi connectivity index (χ1n) is 18.1. The van der Waals surface area contributed by atoms with Crippen molar-refractivity contribution in [3.63, 3.8) is 0 Å². The maximum atomic E-state index is 14.3. The lowest BCUT2D eigenvalue weighted by Crippen LogP contribution is -2.46. The van der Waals surface area contributed by atoms with Crippen LogP contribution in [0.2, 0.25) is 0 Å². The van der Waals surface area contributed by atoms with Crippen molar-refractivity contribution in [2.75, 3.05) is 13.7 Å². The van der Waals surface area contributed by atoms with Gasteiger partial charge in [0.15, 0.2) is 0 Å². The Morgan fingerprint density at radius 1 is 0.963 bits per heavy atom. The molecule has 3 aliphatic heterocycles. The summed E-state index contributed by atoms with van der Waals surface area (Å²) < 4.78 is 23.3. The van der Waals surface area contributed by atoms with Crippen LogP contribution in [-0.4, -0.2) is 88.4 Å². The molecule has 5 rings (SSSR count). The van der Waals surface area contributed by atoms with Crippen molar-refractivity contribution >= 4 is 29.2 Å². The van der Waals surface area contributed by atoms with Crippen LogP contribution in [0, 0.1) is 30.6 Å². The van der Waals surface area contributed by atoms with Crippen LogP contribution in [0.15, 0.2) is 47.5 Å². The van der Waals surface area contributed by atoms with Crippen LogP contribution in [0.1, 0.15) is 98.4 Å². The quantitative estimate of drug-likeness (QED) is 0.271. The Balaban J connectivity index is 1.90. The number of phenols is 1. The smallest absolute Gasteiger partial charge is 0.312 e. The number of hydrogen-bond donors (Lipinski definition) is 5. The molecule has 1 amide bonds. The molecular weight excluding hydrogens is 700 g/mol. The first-order valence-corrected chi connectivity index (χ1v) is 18.1. The molecule has 0 saturated heterocycles. The normalized spacial score (nSPS) is 30.8. The lowest BCUT2D eigenvalue weighted by molar-refractivity contribution is -0.160. The number of fused-ring (bicyclic) bond motifs is 14. The molecule has 0 saturated carbocycles. The van der Waals surface area contributed by atoms with Crippen LogP contribution in [0.3, 0.4) is 0 Å². The Hall–Kier alpha value is -4.79. The first kappa shape index (κ1) is 42.0. The number of aliphatic hydroxyl groups excluding tert-OH is 2. The van der Waals surface area contributed by atoms with E-state index in [-0.39, 0.29) is 40.3 Å². The van der Waals surface area contributed by atoms with E-state index in [9.17, 15) is 39.3 Å². The molecule has 9 unspecified atom stereocenters.